The van der Waals surface area contributed by atoms with Crippen LogP contribution in [0.1, 0.15) is 19.3 Å². The molecule has 0 aromatic heterocycles. The number of hydrogen-bond acceptors (Lipinski definition) is 2. The van der Waals surface area contributed by atoms with Crippen molar-refractivity contribution < 1.29 is 5.11 Å². The van der Waals surface area contributed by atoms with Gasteiger partial charge in [-0.15, -0.1) is 0 Å². The van der Waals surface area contributed by atoms with Crippen molar-refractivity contribution in [3.8, 4) is 0 Å². The number of aliphatic hydroxyl groups excluding tert-OH is 1. The first-order chi connectivity index (χ1) is 4.70. The largest absolute Gasteiger partial charge is 0.393 e. The van der Waals surface area contributed by atoms with E-state index in [4.69, 9.17) is 0 Å². The van der Waals surface area contributed by atoms with Gasteiger partial charge >= 0.3 is 0 Å². The molecular weight excluding hydrogens is 126 g/mol. The maximum atomic E-state index is 9.30. The molecule has 1 saturated heterocycles. The van der Waals surface area contributed by atoms with E-state index < -0.39 is 0 Å². The summed E-state index contributed by atoms with van der Waals surface area (Å²) >= 11 is 0. The topological polar surface area (TPSA) is 23.5 Å². The lowest BCUT2D eigenvalue weighted by molar-refractivity contribution is 0.0166. The molecule has 2 fully saturated rings. The van der Waals surface area contributed by atoms with Crippen LogP contribution in [0, 0.1) is 5.41 Å². The summed E-state index contributed by atoms with van der Waals surface area (Å²) in [7, 11) is 2.15. The molecule has 0 amide bonds. The monoisotopic (exact) mass is 141 g/mol. The van der Waals surface area contributed by atoms with E-state index in [0.29, 0.717) is 5.41 Å². The van der Waals surface area contributed by atoms with Crippen LogP contribution in [0.15, 0.2) is 0 Å². The average molecular weight is 141 g/mol. The van der Waals surface area contributed by atoms with Crippen LogP contribution in [-0.4, -0.2) is 36.2 Å². The van der Waals surface area contributed by atoms with Gasteiger partial charge in [-0.05, 0) is 31.7 Å². The van der Waals surface area contributed by atoms with Gasteiger partial charge in [-0.25, -0.2) is 0 Å². The number of nitrogens with zero attached hydrogens (tertiary/aromatic N) is 1. The Morgan fingerprint density at radius 3 is 2.60 bits per heavy atom. The van der Waals surface area contributed by atoms with E-state index in [1.54, 1.807) is 0 Å². The minimum atomic E-state index is 0.00806. The van der Waals surface area contributed by atoms with Gasteiger partial charge in [0, 0.05) is 13.1 Å². The highest BCUT2D eigenvalue weighted by molar-refractivity contribution is 4.99. The fourth-order valence-corrected chi connectivity index (χ4v) is 2.56. The lowest BCUT2D eigenvalue weighted by Crippen LogP contribution is -2.52. The predicted molar refractivity (Wildman–Crippen MR) is 39.8 cm³/mol. The minimum Gasteiger partial charge on any atom is -0.393 e. The zero-order chi connectivity index (χ0) is 7.19. The molecule has 1 atom stereocenters. The molecule has 1 unspecified atom stereocenters. The quantitative estimate of drug-likeness (QED) is 0.530. The van der Waals surface area contributed by atoms with Crippen LogP contribution >= 0.6 is 0 Å². The van der Waals surface area contributed by atoms with Gasteiger partial charge in [-0.3, -0.25) is 0 Å². The third-order valence-electron chi connectivity index (χ3n) is 2.89. The normalized spacial score (nSPS) is 38.4. The van der Waals surface area contributed by atoms with Crippen LogP contribution < -0.4 is 0 Å². The first-order valence-corrected chi connectivity index (χ1v) is 4.07. The molecule has 2 nitrogen and oxygen atoms in total. The van der Waals surface area contributed by atoms with Crippen molar-refractivity contribution in [2.75, 3.05) is 20.1 Å². The zero-order valence-corrected chi connectivity index (χ0v) is 6.51. The maximum absolute atomic E-state index is 9.30. The first kappa shape index (κ1) is 6.62. The van der Waals surface area contributed by atoms with Gasteiger partial charge < -0.3 is 10.0 Å². The third kappa shape index (κ3) is 0.867. The molecule has 1 N–H and O–H groups in total. The molecule has 1 spiro atoms. The van der Waals surface area contributed by atoms with E-state index in [-0.39, 0.29) is 6.10 Å². The molecule has 0 radical (unpaired) electrons. The van der Waals surface area contributed by atoms with E-state index in [9.17, 15) is 5.11 Å². The van der Waals surface area contributed by atoms with Crippen molar-refractivity contribution in [2.45, 2.75) is 25.4 Å². The second-order valence-electron chi connectivity index (χ2n) is 4.07. The van der Waals surface area contributed by atoms with Crippen molar-refractivity contribution in [2.24, 2.45) is 5.41 Å². The maximum Gasteiger partial charge on any atom is 0.0546 e. The van der Waals surface area contributed by atoms with E-state index in [1.165, 1.54) is 19.5 Å². The lowest BCUT2D eigenvalue weighted by Gasteiger charge is -2.46. The summed E-state index contributed by atoms with van der Waals surface area (Å²) in [6.07, 6.45) is 3.35. The summed E-state index contributed by atoms with van der Waals surface area (Å²) in [4.78, 5) is 2.33. The first-order valence-electron chi connectivity index (χ1n) is 4.07. The summed E-state index contributed by atoms with van der Waals surface area (Å²) in [5.41, 5.74) is 0.536. The Kier molecular flexibility index (Phi) is 1.29. The Morgan fingerprint density at radius 2 is 2.20 bits per heavy atom. The molecule has 2 aliphatic rings. The molecule has 1 saturated carbocycles. The van der Waals surface area contributed by atoms with Gasteiger partial charge in [0.05, 0.1) is 6.10 Å². The van der Waals surface area contributed by atoms with E-state index in [1.807, 2.05) is 0 Å². The third-order valence-corrected chi connectivity index (χ3v) is 2.89. The van der Waals surface area contributed by atoms with Crippen molar-refractivity contribution in [1.82, 2.24) is 4.90 Å². The van der Waals surface area contributed by atoms with Crippen molar-refractivity contribution in [3.63, 3.8) is 0 Å². The summed E-state index contributed by atoms with van der Waals surface area (Å²) in [5, 5.41) is 9.30. The van der Waals surface area contributed by atoms with E-state index in [0.717, 1.165) is 12.8 Å². The SMILES string of the molecule is CN1CC2(CCC(O)C2)C1. The van der Waals surface area contributed by atoms with Crippen molar-refractivity contribution >= 4 is 0 Å². The summed E-state index contributed by atoms with van der Waals surface area (Å²) in [6.45, 7) is 2.42. The molecule has 2 heteroatoms. The Morgan fingerprint density at radius 1 is 1.50 bits per heavy atom. The molecule has 58 valence electrons. The Balaban J connectivity index is 1.95. The van der Waals surface area contributed by atoms with Crippen LogP contribution in [0.4, 0.5) is 0 Å². The Hall–Kier alpha value is -0.0800. The number of likely N-dealkylation sites (tertiary alicyclic amines) is 1. The molecule has 0 aromatic carbocycles. The number of hydrogen-bond donors (Lipinski definition) is 1. The summed E-state index contributed by atoms with van der Waals surface area (Å²) in [5.74, 6) is 0. The van der Waals surface area contributed by atoms with Crippen LogP contribution in [-0.2, 0) is 0 Å². The molecule has 2 rings (SSSR count). The predicted octanol–water partition coefficient (Wildman–Crippen LogP) is 0.463. The highest BCUT2D eigenvalue weighted by Crippen LogP contribution is 2.44. The van der Waals surface area contributed by atoms with Crippen LogP contribution in [0.2, 0.25) is 0 Å². The molecule has 1 aliphatic heterocycles. The van der Waals surface area contributed by atoms with Gasteiger partial charge in [-0.1, -0.05) is 0 Å². The zero-order valence-electron chi connectivity index (χ0n) is 6.51. The van der Waals surface area contributed by atoms with E-state index in [2.05, 4.69) is 11.9 Å². The van der Waals surface area contributed by atoms with Crippen LogP contribution in [0.25, 0.3) is 0 Å². The van der Waals surface area contributed by atoms with Crippen LogP contribution in [0.3, 0.4) is 0 Å². The smallest absolute Gasteiger partial charge is 0.0546 e. The minimum absolute atomic E-state index is 0.00806. The molecular formula is C8H15NO. The van der Waals surface area contributed by atoms with Crippen molar-refractivity contribution in [3.05, 3.63) is 0 Å². The summed E-state index contributed by atoms with van der Waals surface area (Å²) < 4.78 is 0. The molecule has 1 heterocycles. The lowest BCUT2D eigenvalue weighted by atomic mass is 9.79. The molecule has 0 aromatic rings. The van der Waals surface area contributed by atoms with Crippen molar-refractivity contribution in [1.29, 1.82) is 0 Å². The Labute approximate surface area is 61.8 Å². The molecule has 10 heavy (non-hydrogen) atoms. The molecule has 1 aliphatic carbocycles. The fraction of sp³-hybridized carbons (Fsp3) is 1.00. The average Bonchev–Trinajstić information content (AvgIpc) is 2.10. The van der Waals surface area contributed by atoms with Gasteiger partial charge in [0.15, 0.2) is 0 Å². The summed E-state index contributed by atoms with van der Waals surface area (Å²) in [6, 6.07) is 0. The van der Waals surface area contributed by atoms with Gasteiger partial charge in [-0.2, -0.15) is 0 Å². The second-order valence-corrected chi connectivity index (χ2v) is 4.07. The standard InChI is InChI=1S/C8H15NO/c1-9-5-8(6-9)3-2-7(10)4-8/h7,10H,2-6H2,1H3. The second kappa shape index (κ2) is 1.95. The van der Waals surface area contributed by atoms with Gasteiger partial charge in [0.1, 0.15) is 0 Å². The number of aliphatic hydroxyl groups is 1. The highest BCUT2D eigenvalue weighted by atomic mass is 16.3. The van der Waals surface area contributed by atoms with E-state index >= 15 is 0 Å². The molecule has 0 bridgehead atoms. The number of rotatable bonds is 0. The van der Waals surface area contributed by atoms with Gasteiger partial charge in [0.2, 0.25) is 0 Å². The van der Waals surface area contributed by atoms with Crippen LogP contribution in [0.5, 0.6) is 0 Å². The highest BCUT2D eigenvalue weighted by Gasteiger charge is 2.45. The van der Waals surface area contributed by atoms with Gasteiger partial charge in [0.25, 0.3) is 0 Å². The fourth-order valence-electron chi connectivity index (χ4n) is 2.56. The Bertz CT molecular complexity index is 135.